The molecule has 2 aromatic carbocycles. The lowest BCUT2D eigenvalue weighted by Gasteiger charge is -2.26. The lowest BCUT2D eigenvalue weighted by molar-refractivity contribution is -0.137. The van der Waals surface area contributed by atoms with E-state index in [1.54, 1.807) is 6.07 Å². The summed E-state index contributed by atoms with van der Waals surface area (Å²) < 4.78 is 47.0. The number of aryl methyl sites for hydroxylation is 2. The normalized spacial score (nSPS) is 15.7. The first-order valence-electron chi connectivity index (χ1n) is 10.1. The summed E-state index contributed by atoms with van der Waals surface area (Å²) in [5, 5.41) is 2.19. The number of hydrogen-bond donors (Lipinski definition) is 0. The molecule has 30 heavy (non-hydrogen) atoms. The Kier molecular flexibility index (Phi) is 6.41. The minimum Gasteiger partial charge on any atom is -0.379 e. The van der Waals surface area contributed by atoms with Crippen LogP contribution in [0.15, 0.2) is 58.5 Å². The standard InChI is InChI=1S/C23H25F3N2OS/c1-27-21-10-3-2-8-19(21)20(9-5-11-28-12-14-29-15-13-28)22(27)30-18-7-4-6-17(16-18)23(24,25)26/h2-4,6-8,10,16H,5,9,11-15H2,1H3. The van der Waals surface area contributed by atoms with Crippen molar-refractivity contribution in [3.63, 3.8) is 0 Å². The van der Waals surface area contributed by atoms with Crippen molar-refractivity contribution in [2.45, 2.75) is 28.9 Å². The van der Waals surface area contributed by atoms with E-state index in [0.29, 0.717) is 4.90 Å². The molecule has 0 N–H and O–H groups in total. The van der Waals surface area contributed by atoms with Gasteiger partial charge in [-0.3, -0.25) is 4.90 Å². The maximum atomic E-state index is 13.1. The molecular weight excluding hydrogens is 409 g/mol. The summed E-state index contributed by atoms with van der Waals surface area (Å²) in [4.78, 5) is 3.01. The van der Waals surface area contributed by atoms with Gasteiger partial charge in [-0.25, -0.2) is 0 Å². The van der Waals surface area contributed by atoms with Crippen LogP contribution in [0.1, 0.15) is 17.5 Å². The van der Waals surface area contributed by atoms with E-state index in [4.69, 9.17) is 4.74 Å². The average Bonchev–Trinajstić information content (AvgIpc) is 3.00. The quantitative estimate of drug-likeness (QED) is 0.502. The first-order chi connectivity index (χ1) is 14.4. The van der Waals surface area contributed by atoms with E-state index in [1.807, 2.05) is 19.2 Å². The van der Waals surface area contributed by atoms with Gasteiger partial charge in [0.25, 0.3) is 0 Å². The molecule has 0 unspecified atom stereocenters. The number of rotatable bonds is 6. The Labute approximate surface area is 178 Å². The van der Waals surface area contributed by atoms with Gasteiger partial charge >= 0.3 is 6.18 Å². The number of aromatic nitrogens is 1. The molecule has 1 fully saturated rings. The topological polar surface area (TPSA) is 17.4 Å². The molecule has 0 bridgehead atoms. The van der Waals surface area contributed by atoms with Gasteiger partial charge in [0.15, 0.2) is 0 Å². The Bertz CT molecular complexity index is 1010. The number of ether oxygens (including phenoxy) is 1. The van der Waals surface area contributed by atoms with E-state index in [0.717, 1.165) is 62.3 Å². The highest BCUT2D eigenvalue weighted by atomic mass is 32.2. The lowest BCUT2D eigenvalue weighted by atomic mass is 10.1. The number of nitrogens with zero attached hydrogens (tertiary/aromatic N) is 2. The summed E-state index contributed by atoms with van der Waals surface area (Å²) in [6.07, 6.45) is -2.44. The second kappa shape index (κ2) is 9.04. The van der Waals surface area contributed by atoms with Crippen LogP contribution in [0.4, 0.5) is 13.2 Å². The van der Waals surface area contributed by atoms with Crippen LogP contribution in [0.5, 0.6) is 0 Å². The molecule has 1 aliphatic heterocycles. The van der Waals surface area contributed by atoms with Crippen molar-refractivity contribution in [3.05, 3.63) is 59.7 Å². The van der Waals surface area contributed by atoms with Gasteiger partial charge in [0, 0.05) is 35.9 Å². The maximum absolute atomic E-state index is 13.1. The monoisotopic (exact) mass is 434 g/mol. The van der Waals surface area contributed by atoms with Gasteiger partial charge in [0.05, 0.1) is 23.8 Å². The molecule has 1 aromatic heterocycles. The highest BCUT2D eigenvalue weighted by molar-refractivity contribution is 7.99. The molecule has 4 rings (SSSR count). The van der Waals surface area contributed by atoms with Crippen LogP contribution in [0.3, 0.4) is 0 Å². The number of morpholine rings is 1. The van der Waals surface area contributed by atoms with Crippen LogP contribution in [0.25, 0.3) is 10.9 Å². The van der Waals surface area contributed by atoms with Crippen molar-refractivity contribution in [1.29, 1.82) is 0 Å². The van der Waals surface area contributed by atoms with Crippen molar-refractivity contribution in [3.8, 4) is 0 Å². The molecule has 3 aromatic rings. The summed E-state index contributed by atoms with van der Waals surface area (Å²) in [5.41, 5.74) is 1.71. The smallest absolute Gasteiger partial charge is 0.379 e. The molecule has 0 amide bonds. The van der Waals surface area contributed by atoms with Gasteiger partial charge in [-0.15, -0.1) is 0 Å². The minimum atomic E-state index is -4.34. The number of fused-ring (bicyclic) bond motifs is 1. The molecule has 0 atom stereocenters. The first kappa shape index (κ1) is 21.3. The number of benzene rings is 2. The van der Waals surface area contributed by atoms with E-state index in [2.05, 4.69) is 21.6 Å². The highest BCUT2D eigenvalue weighted by Gasteiger charge is 2.30. The minimum absolute atomic E-state index is 0.602. The maximum Gasteiger partial charge on any atom is 0.416 e. The molecule has 0 spiro atoms. The van der Waals surface area contributed by atoms with E-state index >= 15 is 0 Å². The van der Waals surface area contributed by atoms with Crippen molar-refractivity contribution >= 4 is 22.7 Å². The zero-order chi connectivity index (χ0) is 21.1. The Morgan fingerprint density at radius 3 is 2.57 bits per heavy atom. The predicted octanol–water partition coefficient (Wildman–Crippen LogP) is 5.61. The zero-order valence-electron chi connectivity index (χ0n) is 16.9. The largest absolute Gasteiger partial charge is 0.416 e. The second-order valence-corrected chi connectivity index (χ2v) is 8.61. The lowest BCUT2D eigenvalue weighted by Crippen LogP contribution is -2.36. The van der Waals surface area contributed by atoms with Gasteiger partial charge in [-0.2, -0.15) is 13.2 Å². The summed E-state index contributed by atoms with van der Waals surface area (Å²) in [6, 6.07) is 13.8. The highest BCUT2D eigenvalue weighted by Crippen LogP contribution is 2.39. The van der Waals surface area contributed by atoms with Crippen LogP contribution in [0.2, 0.25) is 0 Å². The SMILES string of the molecule is Cn1c(Sc2cccc(C(F)(F)F)c2)c(CCCN2CCOCC2)c2ccccc21. The van der Waals surface area contributed by atoms with Crippen molar-refractivity contribution in [1.82, 2.24) is 9.47 Å². The Balaban J connectivity index is 1.60. The van der Waals surface area contributed by atoms with Gasteiger partial charge in [-0.05, 0) is 49.2 Å². The van der Waals surface area contributed by atoms with Crippen molar-refractivity contribution < 1.29 is 17.9 Å². The number of alkyl halides is 3. The fourth-order valence-electron chi connectivity index (χ4n) is 3.97. The van der Waals surface area contributed by atoms with E-state index in [-0.39, 0.29) is 0 Å². The number of hydrogen-bond acceptors (Lipinski definition) is 3. The van der Waals surface area contributed by atoms with Crippen LogP contribution in [0, 0.1) is 0 Å². The molecule has 1 aliphatic rings. The summed E-state index contributed by atoms with van der Waals surface area (Å²) in [5.74, 6) is 0. The van der Waals surface area contributed by atoms with Crippen LogP contribution in [-0.2, 0) is 24.4 Å². The third kappa shape index (κ3) is 4.68. The Morgan fingerprint density at radius 1 is 1.03 bits per heavy atom. The van der Waals surface area contributed by atoms with Crippen molar-refractivity contribution in [2.24, 2.45) is 7.05 Å². The van der Waals surface area contributed by atoms with Crippen LogP contribution >= 0.6 is 11.8 Å². The Hall–Kier alpha value is -1.96. The van der Waals surface area contributed by atoms with E-state index in [1.165, 1.54) is 34.8 Å². The van der Waals surface area contributed by atoms with E-state index in [9.17, 15) is 13.2 Å². The molecule has 2 heterocycles. The third-order valence-electron chi connectivity index (χ3n) is 5.53. The molecule has 0 radical (unpaired) electrons. The third-order valence-corrected chi connectivity index (χ3v) is 6.74. The summed E-state index contributed by atoms with van der Waals surface area (Å²) in [7, 11) is 1.99. The predicted molar refractivity (Wildman–Crippen MR) is 114 cm³/mol. The Morgan fingerprint density at radius 2 is 1.80 bits per heavy atom. The fraction of sp³-hybridized carbons (Fsp3) is 0.391. The summed E-state index contributed by atoms with van der Waals surface area (Å²) >= 11 is 1.41. The molecule has 3 nitrogen and oxygen atoms in total. The van der Waals surface area contributed by atoms with Gasteiger partial charge in [-0.1, -0.05) is 36.0 Å². The molecule has 1 saturated heterocycles. The molecule has 0 aliphatic carbocycles. The fourth-order valence-corrected chi connectivity index (χ4v) is 5.10. The van der Waals surface area contributed by atoms with Crippen LogP contribution < -0.4 is 0 Å². The summed E-state index contributed by atoms with van der Waals surface area (Å²) in [6.45, 7) is 4.48. The molecular formula is C23H25F3N2OS. The average molecular weight is 435 g/mol. The van der Waals surface area contributed by atoms with Crippen molar-refractivity contribution in [2.75, 3.05) is 32.8 Å². The molecule has 160 valence electrons. The van der Waals surface area contributed by atoms with Gasteiger partial charge in [0.1, 0.15) is 0 Å². The number of para-hydroxylation sites is 1. The van der Waals surface area contributed by atoms with Crippen LogP contribution in [-0.4, -0.2) is 42.3 Å². The second-order valence-electron chi connectivity index (χ2n) is 7.55. The molecule has 7 heteroatoms. The molecule has 0 saturated carbocycles. The zero-order valence-corrected chi connectivity index (χ0v) is 17.7. The number of halogens is 3. The van der Waals surface area contributed by atoms with Gasteiger partial charge < -0.3 is 9.30 Å². The first-order valence-corrected chi connectivity index (χ1v) is 11.0. The van der Waals surface area contributed by atoms with Gasteiger partial charge in [0.2, 0.25) is 0 Å². The van der Waals surface area contributed by atoms with E-state index < -0.39 is 11.7 Å².